The lowest BCUT2D eigenvalue weighted by Gasteiger charge is -2.34. The zero-order chi connectivity index (χ0) is 20.5. The predicted molar refractivity (Wildman–Crippen MR) is 106 cm³/mol. The Labute approximate surface area is 174 Å². The normalized spacial score (nSPS) is 22.8. The maximum absolute atomic E-state index is 13.3. The van der Waals surface area contributed by atoms with Gasteiger partial charge in [-0.15, -0.1) is 0 Å². The van der Waals surface area contributed by atoms with Crippen LogP contribution in [-0.4, -0.2) is 59.7 Å². The smallest absolute Gasteiger partial charge is 0.253 e. The summed E-state index contributed by atoms with van der Waals surface area (Å²) in [4.78, 5) is 40.7. The molecule has 3 aliphatic rings. The van der Waals surface area contributed by atoms with E-state index in [1.165, 1.54) is 18.2 Å². The lowest BCUT2D eigenvalue weighted by atomic mass is 9.95. The first-order valence-electron chi connectivity index (χ1n) is 10.2. The largest absolute Gasteiger partial charge is 0.353 e. The second-order valence-electron chi connectivity index (χ2n) is 8.35. The number of rotatable bonds is 5. The van der Waals surface area contributed by atoms with Crippen LogP contribution in [-0.2, 0) is 9.59 Å². The average molecular weight is 422 g/mol. The molecule has 6 nitrogen and oxygen atoms in total. The molecule has 1 saturated carbocycles. The second kappa shape index (κ2) is 8.30. The summed E-state index contributed by atoms with van der Waals surface area (Å²) in [6.45, 7) is 2.30. The van der Waals surface area contributed by atoms with Crippen molar-refractivity contribution in [1.29, 1.82) is 0 Å². The van der Waals surface area contributed by atoms with Gasteiger partial charge >= 0.3 is 0 Å². The van der Waals surface area contributed by atoms with E-state index in [4.69, 9.17) is 11.6 Å². The van der Waals surface area contributed by atoms with Crippen LogP contribution < -0.4 is 5.32 Å². The number of nitrogens with zero attached hydrogens (tertiary/aromatic N) is 2. The van der Waals surface area contributed by atoms with Gasteiger partial charge in [-0.05, 0) is 49.8 Å². The molecule has 156 valence electrons. The van der Waals surface area contributed by atoms with Crippen LogP contribution in [0.25, 0.3) is 0 Å². The Kier molecular flexibility index (Phi) is 5.76. The molecule has 1 atom stereocenters. The van der Waals surface area contributed by atoms with E-state index in [1.54, 1.807) is 9.80 Å². The molecule has 0 radical (unpaired) electrons. The molecule has 29 heavy (non-hydrogen) atoms. The van der Waals surface area contributed by atoms with Crippen molar-refractivity contribution in [2.24, 2.45) is 11.8 Å². The average Bonchev–Trinajstić information content (AvgIpc) is 3.45. The number of benzene rings is 1. The Morgan fingerprint density at radius 2 is 1.90 bits per heavy atom. The van der Waals surface area contributed by atoms with Crippen LogP contribution in [0.15, 0.2) is 18.2 Å². The van der Waals surface area contributed by atoms with E-state index in [1.807, 2.05) is 0 Å². The Bertz CT molecular complexity index is 821. The van der Waals surface area contributed by atoms with Crippen LogP contribution >= 0.6 is 11.6 Å². The van der Waals surface area contributed by atoms with Gasteiger partial charge in [0.15, 0.2) is 0 Å². The molecule has 1 N–H and O–H groups in total. The molecule has 3 amide bonds. The van der Waals surface area contributed by atoms with Gasteiger partial charge in [0.25, 0.3) is 5.91 Å². The van der Waals surface area contributed by atoms with Gasteiger partial charge in [-0.2, -0.15) is 0 Å². The first-order chi connectivity index (χ1) is 13.9. The minimum Gasteiger partial charge on any atom is -0.353 e. The Morgan fingerprint density at radius 3 is 2.55 bits per heavy atom. The lowest BCUT2D eigenvalue weighted by molar-refractivity contribution is -0.129. The van der Waals surface area contributed by atoms with E-state index < -0.39 is 5.82 Å². The minimum atomic E-state index is -0.540. The summed E-state index contributed by atoms with van der Waals surface area (Å²) in [6, 6.07) is 4.33. The summed E-state index contributed by atoms with van der Waals surface area (Å²) >= 11 is 5.78. The predicted octanol–water partition coefficient (Wildman–Crippen LogP) is 2.46. The van der Waals surface area contributed by atoms with Crippen LogP contribution in [0.5, 0.6) is 0 Å². The quantitative estimate of drug-likeness (QED) is 0.794. The van der Waals surface area contributed by atoms with E-state index in [2.05, 4.69) is 5.32 Å². The number of carbonyl (C=O) groups excluding carboxylic acids is 3. The van der Waals surface area contributed by atoms with Gasteiger partial charge in [0, 0.05) is 44.2 Å². The van der Waals surface area contributed by atoms with Crippen LogP contribution in [0.2, 0.25) is 5.02 Å². The fourth-order valence-electron chi connectivity index (χ4n) is 4.11. The van der Waals surface area contributed by atoms with E-state index >= 15 is 0 Å². The highest BCUT2D eigenvalue weighted by Crippen LogP contribution is 2.26. The van der Waals surface area contributed by atoms with Crippen LogP contribution in [0.3, 0.4) is 0 Å². The molecule has 0 aromatic heterocycles. The molecular formula is C21H25ClFN3O3. The van der Waals surface area contributed by atoms with Gasteiger partial charge in [-0.25, -0.2) is 4.39 Å². The molecule has 0 spiro atoms. The Morgan fingerprint density at radius 1 is 1.17 bits per heavy atom. The third kappa shape index (κ3) is 4.71. The summed E-state index contributed by atoms with van der Waals surface area (Å²) in [5, 5.41) is 2.93. The maximum atomic E-state index is 13.3. The Hall–Kier alpha value is -2.15. The highest BCUT2D eigenvalue weighted by atomic mass is 35.5. The number of piperidine rings is 1. The molecule has 4 rings (SSSR count). The number of halogens is 2. The van der Waals surface area contributed by atoms with Crippen LogP contribution in [0, 0.1) is 17.7 Å². The standard InChI is InChI=1S/C21H25ClFN3O3/c22-17-9-14(1-4-18(17)23)21(29)25-7-5-13(6-8-25)11-26-12-15(10-19(26)27)20(28)24-16-2-3-16/h1,4,9,13,15-16H,2-3,5-8,10-12H2,(H,24,28). The highest BCUT2D eigenvalue weighted by Gasteiger charge is 2.37. The maximum Gasteiger partial charge on any atom is 0.253 e. The van der Waals surface area contributed by atoms with Crippen molar-refractivity contribution < 1.29 is 18.8 Å². The zero-order valence-corrected chi connectivity index (χ0v) is 17.0. The first kappa shape index (κ1) is 20.1. The van der Waals surface area contributed by atoms with Crippen molar-refractivity contribution in [3.63, 3.8) is 0 Å². The van der Waals surface area contributed by atoms with Crippen LogP contribution in [0.1, 0.15) is 42.5 Å². The van der Waals surface area contributed by atoms with E-state index in [0.717, 1.165) is 25.7 Å². The summed E-state index contributed by atoms with van der Waals surface area (Å²) in [5.41, 5.74) is 0.383. The van der Waals surface area contributed by atoms with E-state index in [9.17, 15) is 18.8 Å². The molecule has 1 aromatic carbocycles. The van der Waals surface area contributed by atoms with Crippen molar-refractivity contribution in [2.75, 3.05) is 26.2 Å². The van der Waals surface area contributed by atoms with Crippen molar-refractivity contribution in [1.82, 2.24) is 15.1 Å². The first-order valence-corrected chi connectivity index (χ1v) is 10.6. The topological polar surface area (TPSA) is 69.7 Å². The molecule has 1 aliphatic carbocycles. The molecule has 0 bridgehead atoms. The molecule has 2 aliphatic heterocycles. The molecule has 8 heteroatoms. The fraction of sp³-hybridized carbons (Fsp3) is 0.571. The number of likely N-dealkylation sites (tertiary alicyclic amines) is 2. The number of hydrogen-bond acceptors (Lipinski definition) is 3. The summed E-state index contributed by atoms with van der Waals surface area (Å²) < 4.78 is 13.3. The third-order valence-corrected chi connectivity index (χ3v) is 6.35. The monoisotopic (exact) mass is 421 g/mol. The van der Waals surface area contributed by atoms with Gasteiger partial charge < -0.3 is 15.1 Å². The van der Waals surface area contributed by atoms with Crippen molar-refractivity contribution >= 4 is 29.3 Å². The Balaban J connectivity index is 1.26. The molecular weight excluding hydrogens is 397 g/mol. The van der Waals surface area contributed by atoms with Gasteiger partial charge in [-0.3, -0.25) is 14.4 Å². The lowest BCUT2D eigenvalue weighted by Crippen LogP contribution is -2.42. The summed E-state index contributed by atoms with van der Waals surface area (Å²) in [5.74, 6) is -0.582. The van der Waals surface area contributed by atoms with Gasteiger partial charge in [0.05, 0.1) is 10.9 Å². The van der Waals surface area contributed by atoms with Gasteiger partial charge in [0.2, 0.25) is 11.8 Å². The van der Waals surface area contributed by atoms with E-state index in [0.29, 0.717) is 50.1 Å². The van der Waals surface area contributed by atoms with Crippen LogP contribution in [0.4, 0.5) is 4.39 Å². The number of carbonyl (C=O) groups is 3. The molecule has 1 unspecified atom stereocenters. The zero-order valence-electron chi connectivity index (χ0n) is 16.2. The fourth-order valence-corrected chi connectivity index (χ4v) is 4.29. The summed E-state index contributed by atoms with van der Waals surface area (Å²) in [7, 11) is 0. The van der Waals surface area contributed by atoms with Gasteiger partial charge in [-0.1, -0.05) is 11.6 Å². The number of hydrogen-bond donors (Lipinski definition) is 1. The molecule has 2 heterocycles. The minimum absolute atomic E-state index is 0.00160. The molecule has 2 saturated heterocycles. The summed E-state index contributed by atoms with van der Waals surface area (Å²) in [6.07, 6.45) is 3.96. The highest BCUT2D eigenvalue weighted by molar-refractivity contribution is 6.31. The molecule has 3 fully saturated rings. The molecule has 1 aromatic rings. The number of nitrogens with one attached hydrogen (secondary N) is 1. The van der Waals surface area contributed by atoms with Crippen molar-refractivity contribution in [3.05, 3.63) is 34.6 Å². The van der Waals surface area contributed by atoms with E-state index in [-0.39, 0.29) is 28.7 Å². The SMILES string of the molecule is O=C(NC1CC1)C1CC(=O)N(CC2CCN(C(=O)c3ccc(F)c(Cl)c3)CC2)C1. The second-order valence-corrected chi connectivity index (χ2v) is 8.75. The van der Waals surface area contributed by atoms with Crippen molar-refractivity contribution in [3.8, 4) is 0 Å². The third-order valence-electron chi connectivity index (χ3n) is 6.06. The number of amides is 3. The van der Waals surface area contributed by atoms with Gasteiger partial charge in [0.1, 0.15) is 5.82 Å². The van der Waals surface area contributed by atoms with Crippen molar-refractivity contribution in [2.45, 2.75) is 38.1 Å².